The van der Waals surface area contributed by atoms with Crippen LogP contribution in [0, 0.1) is 0 Å². The highest BCUT2D eigenvalue weighted by atomic mass is 79.9. The molecule has 1 N–H and O–H groups in total. The molecule has 7 heteroatoms. The maximum atomic E-state index is 12.4. The van der Waals surface area contributed by atoms with E-state index in [9.17, 15) is 4.79 Å². The first-order valence-electron chi connectivity index (χ1n) is 6.91. The Hall–Kier alpha value is -2.05. The molecule has 2 heterocycles. The predicted molar refractivity (Wildman–Crippen MR) is 90.6 cm³/mol. The van der Waals surface area contributed by atoms with Crippen molar-refractivity contribution in [1.29, 1.82) is 0 Å². The highest BCUT2D eigenvalue weighted by Crippen LogP contribution is 2.22. The van der Waals surface area contributed by atoms with Gasteiger partial charge in [0, 0.05) is 23.4 Å². The van der Waals surface area contributed by atoms with E-state index in [-0.39, 0.29) is 11.9 Å². The van der Waals surface area contributed by atoms with Gasteiger partial charge in [-0.05, 0) is 36.4 Å². The van der Waals surface area contributed by atoms with E-state index in [1.165, 1.54) is 0 Å². The molecule has 0 aliphatic heterocycles. The predicted octanol–water partition coefficient (Wildman–Crippen LogP) is 3.91. The van der Waals surface area contributed by atoms with E-state index in [1.807, 2.05) is 18.3 Å². The molecule has 3 rings (SSSR count). The number of hydrogen-bond acceptors (Lipinski definition) is 3. The van der Waals surface area contributed by atoms with Crippen LogP contribution in [0.2, 0.25) is 5.02 Å². The van der Waals surface area contributed by atoms with Crippen molar-refractivity contribution in [3.63, 3.8) is 0 Å². The minimum absolute atomic E-state index is 0.227. The second-order valence-electron chi connectivity index (χ2n) is 4.85. The zero-order valence-electron chi connectivity index (χ0n) is 11.9. The Bertz CT molecular complexity index is 754. The summed E-state index contributed by atoms with van der Waals surface area (Å²) in [5.74, 6) is 0.467. The Labute approximate surface area is 146 Å². The zero-order chi connectivity index (χ0) is 16.2. The Morgan fingerprint density at radius 1 is 1.39 bits per heavy atom. The van der Waals surface area contributed by atoms with Gasteiger partial charge in [0.25, 0.3) is 5.91 Å². The van der Waals surface area contributed by atoms with Crippen LogP contribution < -0.4 is 5.32 Å². The molecule has 118 valence electrons. The monoisotopic (exact) mass is 393 g/mol. The number of nitrogens with one attached hydrogen (secondary N) is 1. The molecule has 23 heavy (non-hydrogen) atoms. The first kappa shape index (κ1) is 15.8. The molecule has 1 amide bonds. The standard InChI is InChI=1S/C16H13BrClN3O2/c17-11-4-5-13(18)12(9-11)16(22)19-10-14(15-3-1-8-23-15)21-7-2-6-20-21/h1-9,14H,10H2,(H,19,22)/t14-/m0/s1. The number of nitrogens with zero attached hydrogens (tertiary/aromatic N) is 2. The van der Waals surface area contributed by atoms with Crippen molar-refractivity contribution in [2.24, 2.45) is 0 Å². The molecule has 2 aromatic heterocycles. The third kappa shape index (κ3) is 3.65. The molecule has 0 saturated heterocycles. The smallest absolute Gasteiger partial charge is 0.252 e. The fraction of sp³-hybridized carbons (Fsp3) is 0.125. The van der Waals surface area contributed by atoms with Crippen LogP contribution >= 0.6 is 27.5 Å². The van der Waals surface area contributed by atoms with Gasteiger partial charge in [-0.3, -0.25) is 9.48 Å². The van der Waals surface area contributed by atoms with Gasteiger partial charge < -0.3 is 9.73 Å². The molecular formula is C16H13BrClN3O2. The third-order valence-corrected chi connectivity index (χ3v) is 4.17. The van der Waals surface area contributed by atoms with E-state index < -0.39 is 0 Å². The minimum atomic E-state index is -0.250. The largest absolute Gasteiger partial charge is 0.467 e. The molecule has 0 bridgehead atoms. The lowest BCUT2D eigenvalue weighted by Crippen LogP contribution is -2.31. The van der Waals surface area contributed by atoms with E-state index in [0.717, 1.165) is 4.47 Å². The molecule has 0 unspecified atom stereocenters. The second kappa shape index (κ2) is 7.02. The number of aromatic nitrogens is 2. The van der Waals surface area contributed by atoms with E-state index in [1.54, 1.807) is 41.4 Å². The summed E-state index contributed by atoms with van der Waals surface area (Å²) in [6.07, 6.45) is 5.10. The number of furan rings is 1. The molecule has 0 fully saturated rings. The summed E-state index contributed by atoms with van der Waals surface area (Å²) in [4.78, 5) is 12.4. The normalized spacial score (nSPS) is 12.1. The Morgan fingerprint density at radius 2 is 2.26 bits per heavy atom. The van der Waals surface area contributed by atoms with Crippen LogP contribution in [0.1, 0.15) is 22.2 Å². The van der Waals surface area contributed by atoms with Gasteiger partial charge in [-0.25, -0.2) is 0 Å². The molecule has 3 aromatic rings. The van der Waals surface area contributed by atoms with Crippen molar-refractivity contribution in [3.05, 3.63) is 75.9 Å². The van der Waals surface area contributed by atoms with Gasteiger partial charge in [-0.1, -0.05) is 27.5 Å². The number of carbonyl (C=O) groups is 1. The van der Waals surface area contributed by atoms with Gasteiger partial charge in [0.05, 0.1) is 16.8 Å². The topological polar surface area (TPSA) is 60.1 Å². The van der Waals surface area contributed by atoms with E-state index >= 15 is 0 Å². The van der Waals surface area contributed by atoms with E-state index in [4.69, 9.17) is 16.0 Å². The summed E-state index contributed by atoms with van der Waals surface area (Å²) < 4.78 is 7.99. The quantitative estimate of drug-likeness (QED) is 0.714. The maximum Gasteiger partial charge on any atom is 0.252 e. The zero-order valence-corrected chi connectivity index (χ0v) is 14.3. The van der Waals surface area contributed by atoms with Crippen LogP contribution in [0.3, 0.4) is 0 Å². The van der Waals surface area contributed by atoms with Crippen LogP contribution in [0.5, 0.6) is 0 Å². The average molecular weight is 395 g/mol. The SMILES string of the molecule is O=C(NC[C@@H](c1ccco1)n1cccn1)c1cc(Br)ccc1Cl. The molecular weight excluding hydrogens is 382 g/mol. The molecule has 0 radical (unpaired) electrons. The van der Waals surface area contributed by atoms with Crippen molar-refractivity contribution in [1.82, 2.24) is 15.1 Å². The maximum absolute atomic E-state index is 12.4. The highest BCUT2D eigenvalue weighted by Gasteiger charge is 2.19. The van der Waals surface area contributed by atoms with Gasteiger partial charge in [0.15, 0.2) is 0 Å². The molecule has 0 saturated carbocycles. The third-order valence-electron chi connectivity index (χ3n) is 3.34. The summed E-state index contributed by atoms with van der Waals surface area (Å²) in [7, 11) is 0. The molecule has 0 aliphatic rings. The molecule has 1 atom stereocenters. The summed E-state index contributed by atoms with van der Waals surface area (Å²) in [5.41, 5.74) is 0.416. The van der Waals surface area contributed by atoms with Crippen LogP contribution in [-0.4, -0.2) is 22.2 Å². The fourth-order valence-electron chi connectivity index (χ4n) is 2.23. The lowest BCUT2D eigenvalue weighted by Gasteiger charge is -2.16. The van der Waals surface area contributed by atoms with Crippen molar-refractivity contribution < 1.29 is 9.21 Å². The van der Waals surface area contributed by atoms with Crippen LogP contribution in [0.4, 0.5) is 0 Å². The van der Waals surface area contributed by atoms with Crippen LogP contribution in [0.25, 0.3) is 0 Å². The molecule has 1 aromatic carbocycles. The summed E-state index contributed by atoms with van der Waals surface area (Å²) in [5, 5.41) is 7.51. The Balaban J connectivity index is 1.77. The lowest BCUT2D eigenvalue weighted by molar-refractivity contribution is 0.0948. The first-order valence-corrected chi connectivity index (χ1v) is 8.08. The van der Waals surface area contributed by atoms with Crippen molar-refractivity contribution in [2.75, 3.05) is 6.54 Å². The van der Waals surface area contributed by atoms with Crippen molar-refractivity contribution >= 4 is 33.4 Å². The van der Waals surface area contributed by atoms with Gasteiger partial charge in [0.2, 0.25) is 0 Å². The number of amides is 1. The van der Waals surface area contributed by atoms with Gasteiger partial charge in [-0.2, -0.15) is 5.10 Å². The summed E-state index contributed by atoms with van der Waals surface area (Å²) in [6, 6.07) is 10.4. The van der Waals surface area contributed by atoms with Crippen LogP contribution in [0.15, 0.2) is 63.9 Å². The second-order valence-corrected chi connectivity index (χ2v) is 6.17. The lowest BCUT2D eigenvalue weighted by atomic mass is 10.2. The van der Waals surface area contributed by atoms with E-state index in [2.05, 4.69) is 26.3 Å². The van der Waals surface area contributed by atoms with E-state index in [0.29, 0.717) is 22.9 Å². The van der Waals surface area contributed by atoms with Crippen molar-refractivity contribution in [2.45, 2.75) is 6.04 Å². The molecule has 5 nitrogen and oxygen atoms in total. The number of hydrogen-bond donors (Lipinski definition) is 1. The number of rotatable bonds is 5. The average Bonchev–Trinajstić information content (AvgIpc) is 3.23. The minimum Gasteiger partial charge on any atom is -0.467 e. The number of carbonyl (C=O) groups excluding carboxylic acids is 1. The van der Waals surface area contributed by atoms with Crippen LogP contribution in [-0.2, 0) is 0 Å². The first-order chi connectivity index (χ1) is 11.1. The van der Waals surface area contributed by atoms with Gasteiger partial charge >= 0.3 is 0 Å². The highest BCUT2D eigenvalue weighted by molar-refractivity contribution is 9.10. The number of halogens is 2. The molecule has 0 aliphatic carbocycles. The number of benzene rings is 1. The summed E-state index contributed by atoms with van der Waals surface area (Å²) in [6.45, 7) is 0.330. The Kier molecular flexibility index (Phi) is 4.83. The fourth-order valence-corrected chi connectivity index (χ4v) is 2.79. The van der Waals surface area contributed by atoms with Crippen molar-refractivity contribution in [3.8, 4) is 0 Å². The Morgan fingerprint density at radius 3 is 2.96 bits per heavy atom. The van der Waals surface area contributed by atoms with Gasteiger partial charge in [-0.15, -0.1) is 0 Å². The van der Waals surface area contributed by atoms with Gasteiger partial charge in [0.1, 0.15) is 11.8 Å². The summed E-state index contributed by atoms with van der Waals surface area (Å²) >= 11 is 9.43. The molecule has 0 spiro atoms.